The molecule has 2 rings (SSSR count). The van der Waals surface area contributed by atoms with Gasteiger partial charge in [0.1, 0.15) is 0 Å². The maximum Gasteiger partial charge on any atom is 0.0576 e. The van der Waals surface area contributed by atoms with E-state index in [0.717, 1.165) is 24.1 Å². The van der Waals surface area contributed by atoms with E-state index in [4.69, 9.17) is 0 Å². The summed E-state index contributed by atoms with van der Waals surface area (Å²) in [5.74, 6) is 9.25. The third kappa shape index (κ3) is 8.17. The number of hydrogen-bond donors (Lipinski definition) is 1. The maximum atomic E-state index is 3.43. The van der Waals surface area contributed by atoms with E-state index < -0.39 is 0 Å². The fourth-order valence-electron chi connectivity index (χ4n) is 2.42. The van der Waals surface area contributed by atoms with Gasteiger partial charge in [-0.3, -0.25) is 0 Å². The Bertz CT molecular complexity index is 443. The zero-order valence-electron chi connectivity index (χ0n) is 13.4. The molecule has 0 atom stereocenters. The van der Waals surface area contributed by atoms with Gasteiger partial charge in [0.05, 0.1) is 11.1 Å². The van der Waals surface area contributed by atoms with E-state index in [-0.39, 0.29) is 0 Å². The first-order valence-electron chi connectivity index (χ1n) is 8.39. The van der Waals surface area contributed by atoms with E-state index in [1.807, 2.05) is 0 Å². The van der Waals surface area contributed by atoms with Crippen LogP contribution in [-0.4, -0.2) is 29.2 Å². The van der Waals surface area contributed by atoms with Gasteiger partial charge >= 0.3 is 0 Å². The monoisotopic (exact) mass is 333 g/mol. The molecule has 0 amide bonds. The van der Waals surface area contributed by atoms with Crippen molar-refractivity contribution in [1.29, 1.82) is 0 Å². The molecule has 3 heteroatoms. The van der Waals surface area contributed by atoms with Gasteiger partial charge in [-0.1, -0.05) is 36.3 Å². The highest BCUT2D eigenvalue weighted by atomic mass is 32.2. The van der Waals surface area contributed by atoms with E-state index in [2.05, 4.69) is 71.0 Å². The number of aryl methyl sites for hydroxylation is 1. The molecule has 0 saturated carbocycles. The Hall–Kier alpha value is -0.560. The van der Waals surface area contributed by atoms with Gasteiger partial charge in [0.2, 0.25) is 0 Å². The molecule has 1 aromatic rings. The molecule has 120 valence electrons. The van der Waals surface area contributed by atoms with Gasteiger partial charge in [-0.15, -0.1) is 29.4 Å². The Balaban J connectivity index is 1.40. The highest BCUT2D eigenvalue weighted by Gasteiger charge is 2.12. The van der Waals surface area contributed by atoms with Gasteiger partial charge in [-0.25, -0.2) is 0 Å². The molecule has 1 aliphatic heterocycles. The zero-order chi connectivity index (χ0) is 15.3. The summed E-state index contributed by atoms with van der Waals surface area (Å²) in [5.41, 5.74) is 1.45. The lowest BCUT2D eigenvalue weighted by Gasteiger charge is -2.19. The molecule has 1 N–H and O–H groups in total. The zero-order valence-corrected chi connectivity index (χ0v) is 15.0. The first kappa shape index (κ1) is 17.8. The Morgan fingerprint density at radius 3 is 2.68 bits per heavy atom. The van der Waals surface area contributed by atoms with Crippen molar-refractivity contribution < 1.29 is 0 Å². The van der Waals surface area contributed by atoms with Crippen molar-refractivity contribution in [2.45, 2.75) is 43.1 Å². The van der Waals surface area contributed by atoms with Crippen LogP contribution in [0.15, 0.2) is 30.3 Å². The summed E-state index contributed by atoms with van der Waals surface area (Å²) >= 11 is 4.24. The van der Waals surface area contributed by atoms with Crippen molar-refractivity contribution >= 4 is 23.5 Å². The van der Waals surface area contributed by atoms with Crippen LogP contribution in [0.25, 0.3) is 0 Å². The second-order valence-electron chi connectivity index (χ2n) is 5.54. The van der Waals surface area contributed by atoms with Gasteiger partial charge in [0.25, 0.3) is 0 Å². The molecule has 1 aromatic carbocycles. The third-order valence-electron chi connectivity index (χ3n) is 3.65. The van der Waals surface area contributed by atoms with Crippen molar-refractivity contribution in [1.82, 2.24) is 5.32 Å². The normalized spacial score (nSPS) is 15.3. The van der Waals surface area contributed by atoms with Crippen LogP contribution >= 0.6 is 23.5 Å². The Morgan fingerprint density at radius 1 is 1.05 bits per heavy atom. The molecular weight excluding hydrogens is 306 g/mol. The molecule has 1 aliphatic rings. The van der Waals surface area contributed by atoms with Crippen molar-refractivity contribution in [2.24, 2.45) is 0 Å². The summed E-state index contributed by atoms with van der Waals surface area (Å²) in [7, 11) is 0. The Morgan fingerprint density at radius 2 is 1.86 bits per heavy atom. The summed E-state index contributed by atoms with van der Waals surface area (Å²) in [6.07, 6.45) is 7.35. The Labute approximate surface area is 144 Å². The molecule has 1 heterocycles. The number of thioether (sulfide) groups is 2. The Kier molecular flexibility index (Phi) is 9.65. The average Bonchev–Trinajstić information content (AvgIpc) is 2.58. The van der Waals surface area contributed by atoms with Crippen LogP contribution in [0.3, 0.4) is 0 Å². The second kappa shape index (κ2) is 11.9. The van der Waals surface area contributed by atoms with Crippen LogP contribution in [0.1, 0.15) is 37.7 Å². The van der Waals surface area contributed by atoms with Gasteiger partial charge in [-0.05, 0) is 55.7 Å². The predicted molar refractivity (Wildman–Crippen MR) is 103 cm³/mol. The van der Waals surface area contributed by atoms with Crippen LogP contribution in [0.4, 0.5) is 0 Å². The van der Waals surface area contributed by atoms with Crippen molar-refractivity contribution in [3.05, 3.63) is 35.9 Å². The van der Waals surface area contributed by atoms with Crippen LogP contribution < -0.4 is 5.32 Å². The standard InChI is InChI=1S/C19H27NS2/c1-3-10-18(11-4-1)12-6-8-15-20-14-7-2-5-13-19-21-16-9-17-22-19/h1,3-4,10-11,19-20H,5-6,8-9,12-17H2. The number of unbranched alkanes of at least 4 members (excludes halogenated alkanes) is 1. The first-order valence-corrected chi connectivity index (χ1v) is 10.5. The first-order chi connectivity index (χ1) is 10.9. The quantitative estimate of drug-likeness (QED) is 0.552. The van der Waals surface area contributed by atoms with Gasteiger partial charge < -0.3 is 5.32 Å². The lowest BCUT2D eigenvalue weighted by Crippen LogP contribution is -2.15. The van der Waals surface area contributed by atoms with E-state index in [0.29, 0.717) is 0 Å². The molecule has 1 fully saturated rings. The lowest BCUT2D eigenvalue weighted by molar-refractivity contribution is 0.659. The molecule has 22 heavy (non-hydrogen) atoms. The minimum absolute atomic E-state index is 0.800. The minimum Gasteiger partial charge on any atom is -0.306 e. The number of rotatable bonds is 8. The van der Waals surface area contributed by atoms with E-state index in [1.165, 1.54) is 49.2 Å². The van der Waals surface area contributed by atoms with E-state index in [9.17, 15) is 0 Å². The number of nitrogens with one attached hydrogen (secondary N) is 1. The molecule has 0 bridgehead atoms. The second-order valence-corrected chi connectivity index (χ2v) is 8.46. The number of hydrogen-bond acceptors (Lipinski definition) is 3. The summed E-state index contributed by atoms with van der Waals surface area (Å²) in [6.45, 7) is 1.92. The van der Waals surface area contributed by atoms with Crippen LogP contribution in [0.5, 0.6) is 0 Å². The summed E-state index contributed by atoms with van der Waals surface area (Å²) in [4.78, 5) is 0. The molecule has 0 spiro atoms. The molecule has 0 unspecified atom stereocenters. The smallest absolute Gasteiger partial charge is 0.0576 e. The van der Waals surface area contributed by atoms with Crippen molar-refractivity contribution in [3.63, 3.8) is 0 Å². The van der Waals surface area contributed by atoms with Gasteiger partial charge in [-0.2, -0.15) is 0 Å². The highest BCUT2D eigenvalue weighted by Crippen LogP contribution is 2.33. The largest absolute Gasteiger partial charge is 0.306 e. The maximum absolute atomic E-state index is 3.43. The third-order valence-corrected chi connectivity index (χ3v) is 6.73. The highest BCUT2D eigenvalue weighted by molar-refractivity contribution is 8.17. The molecule has 1 nitrogen and oxygen atoms in total. The fourth-order valence-corrected chi connectivity index (χ4v) is 5.28. The average molecular weight is 334 g/mol. The SMILES string of the molecule is C(#CCNCCCCc1ccccc1)CCC1SCCCS1. The lowest BCUT2D eigenvalue weighted by atomic mass is 10.1. The van der Waals surface area contributed by atoms with Gasteiger partial charge in [0.15, 0.2) is 0 Å². The van der Waals surface area contributed by atoms with E-state index >= 15 is 0 Å². The molecule has 0 aliphatic carbocycles. The van der Waals surface area contributed by atoms with E-state index in [1.54, 1.807) is 0 Å². The van der Waals surface area contributed by atoms with Crippen molar-refractivity contribution in [3.8, 4) is 11.8 Å². The minimum atomic E-state index is 0.800. The summed E-state index contributed by atoms with van der Waals surface area (Å²) in [6, 6.07) is 10.7. The summed E-state index contributed by atoms with van der Waals surface area (Å²) in [5, 5.41) is 3.43. The molecule has 1 saturated heterocycles. The van der Waals surface area contributed by atoms with Gasteiger partial charge in [0, 0.05) is 6.42 Å². The summed E-state index contributed by atoms with van der Waals surface area (Å²) < 4.78 is 0.800. The topological polar surface area (TPSA) is 12.0 Å². The van der Waals surface area contributed by atoms with Crippen molar-refractivity contribution in [2.75, 3.05) is 24.6 Å². The fraction of sp³-hybridized carbons (Fsp3) is 0.579. The molecule has 0 radical (unpaired) electrons. The van der Waals surface area contributed by atoms with Crippen LogP contribution in [0.2, 0.25) is 0 Å². The predicted octanol–water partition coefficient (Wildman–Crippen LogP) is 4.58. The van der Waals surface area contributed by atoms with Crippen LogP contribution in [0, 0.1) is 11.8 Å². The number of benzene rings is 1. The molecule has 0 aromatic heterocycles. The van der Waals surface area contributed by atoms with Crippen LogP contribution in [-0.2, 0) is 6.42 Å². The molecular formula is C19H27NS2.